The van der Waals surface area contributed by atoms with Crippen molar-refractivity contribution in [3.8, 4) is 11.5 Å². The van der Waals surface area contributed by atoms with Crippen LogP contribution in [0.5, 0.6) is 11.5 Å². The Kier molecular flexibility index (Phi) is 5.50. The molecule has 1 heterocycles. The molecule has 1 amide bonds. The molecule has 0 unspecified atom stereocenters. The van der Waals surface area contributed by atoms with Gasteiger partial charge in [-0.05, 0) is 55.3 Å². The van der Waals surface area contributed by atoms with E-state index in [-0.39, 0.29) is 34.9 Å². The van der Waals surface area contributed by atoms with E-state index in [4.69, 9.17) is 13.3 Å². The smallest absolute Gasteiger partial charge is 0.339 e. The van der Waals surface area contributed by atoms with Gasteiger partial charge in [0.2, 0.25) is 0 Å². The lowest BCUT2D eigenvalue weighted by Gasteiger charge is -2.22. The Morgan fingerprint density at radius 3 is 2.43 bits per heavy atom. The van der Waals surface area contributed by atoms with Gasteiger partial charge in [0.25, 0.3) is 5.91 Å². The van der Waals surface area contributed by atoms with Gasteiger partial charge in [0.15, 0.2) is 5.76 Å². The average molecular weight is 427 g/mol. The van der Waals surface area contributed by atoms with Gasteiger partial charge in [-0.25, -0.2) is 0 Å². The van der Waals surface area contributed by atoms with Crippen molar-refractivity contribution >= 4 is 16.0 Å². The van der Waals surface area contributed by atoms with E-state index in [9.17, 15) is 13.2 Å². The van der Waals surface area contributed by atoms with Crippen LogP contribution >= 0.6 is 0 Å². The molecule has 1 aliphatic rings. The van der Waals surface area contributed by atoms with E-state index in [1.54, 1.807) is 53.4 Å². The maximum atomic E-state index is 12.8. The molecule has 0 saturated heterocycles. The molecular formula is C22H21NO6S. The van der Waals surface area contributed by atoms with Gasteiger partial charge in [-0.3, -0.25) is 4.79 Å². The highest BCUT2D eigenvalue weighted by molar-refractivity contribution is 7.87. The highest BCUT2D eigenvalue weighted by Crippen LogP contribution is 2.32. The summed E-state index contributed by atoms with van der Waals surface area (Å²) < 4.78 is 41.2. The number of hydrogen-bond donors (Lipinski definition) is 0. The Morgan fingerprint density at radius 1 is 1.07 bits per heavy atom. The van der Waals surface area contributed by atoms with Crippen LogP contribution in [-0.2, 0) is 16.7 Å². The van der Waals surface area contributed by atoms with Crippen LogP contribution in [0, 0.1) is 0 Å². The summed E-state index contributed by atoms with van der Waals surface area (Å²) in [5.41, 5.74) is 0.599. The molecule has 0 bridgehead atoms. The third-order valence-electron chi connectivity index (χ3n) is 4.84. The molecule has 0 spiro atoms. The first-order chi connectivity index (χ1) is 14.5. The molecule has 1 aromatic heterocycles. The number of benzene rings is 2. The van der Waals surface area contributed by atoms with Gasteiger partial charge in [0.05, 0.1) is 19.9 Å². The molecule has 156 valence electrons. The van der Waals surface area contributed by atoms with Crippen molar-refractivity contribution in [3.05, 3.63) is 78.3 Å². The maximum Gasteiger partial charge on any atom is 0.339 e. The summed E-state index contributed by atoms with van der Waals surface area (Å²) in [5, 5.41) is 0. The van der Waals surface area contributed by atoms with Gasteiger partial charge in [0.1, 0.15) is 16.4 Å². The molecular weight excluding hydrogens is 406 g/mol. The Balaban J connectivity index is 1.58. The van der Waals surface area contributed by atoms with Crippen molar-refractivity contribution in [2.24, 2.45) is 0 Å². The van der Waals surface area contributed by atoms with Crippen LogP contribution in [0.1, 0.15) is 29.0 Å². The summed E-state index contributed by atoms with van der Waals surface area (Å²) in [6.07, 6.45) is 3.26. The Morgan fingerprint density at radius 2 is 1.80 bits per heavy atom. The van der Waals surface area contributed by atoms with E-state index in [0.717, 1.165) is 12.8 Å². The van der Waals surface area contributed by atoms with Gasteiger partial charge in [-0.15, -0.1) is 0 Å². The van der Waals surface area contributed by atoms with Crippen LogP contribution in [0.3, 0.4) is 0 Å². The van der Waals surface area contributed by atoms with Crippen LogP contribution in [0.4, 0.5) is 0 Å². The first-order valence-electron chi connectivity index (χ1n) is 9.49. The van der Waals surface area contributed by atoms with E-state index >= 15 is 0 Å². The second-order valence-corrected chi connectivity index (χ2v) is 8.51. The maximum absolute atomic E-state index is 12.8. The minimum Gasteiger partial charge on any atom is -0.497 e. The second-order valence-electron chi connectivity index (χ2n) is 6.96. The fourth-order valence-electron chi connectivity index (χ4n) is 3.10. The zero-order chi connectivity index (χ0) is 21.1. The molecule has 1 saturated carbocycles. The Labute approximate surface area is 175 Å². The normalized spacial score (nSPS) is 13.6. The highest BCUT2D eigenvalue weighted by Gasteiger charge is 2.34. The number of nitrogens with zero attached hydrogens (tertiary/aromatic N) is 1. The lowest BCUT2D eigenvalue weighted by molar-refractivity contribution is 0.0697. The Hall–Kier alpha value is -3.26. The number of amides is 1. The summed E-state index contributed by atoms with van der Waals surface area (Å²) in [5.74, 6) is 0.763. The standard InChI is InChI=1S/C22H21NO6S/c1-27-18-10-12-19(13-11-18)30(25,26)29-20-6-3-2-5-16(20)15-23(17-8-9-17)22(24)21-7-4-14-28-21/h2-7,10-14,17H,8-9,15H2,1H3. The lowest BCUT2D eigenvalue weighted by atomic mass is 10.2. The average Bonchev–Trinajstić information content (AvgIpc) is 3.45. The predicted molar refractivity (Wildman–Crippen MR) is 109 cm³/mol. The molecule has 3 aromatic rings. The van der Waals surface area contributed by atoms with E-state index in [0.29, 0.717) is 11.3 Å². The number of rotatable bonds is 8. The molecule has 0 N–H and O–H groups in total. The van der Waals surface area contributed by atoms with E-state index in [1.165, 1.54) is 25.5 Å². The number of carbonyl (C=O) groups is 1. The minimum atomic E-state index is -4.04. The SMILES string of the molecule is COc1ccc(S(=O)(=O)Oc2ccccc2CN(C(=O)c2ccco2)C2CC2)cc1. The molecule has 0 aliphatic heterocycles. The van der Waals surface area contributed by atoms with Crippen molar-refractivity contribution < 1.29 is 26.5 Å². The molecule has 7 nitrogen and oxygen atoms in total. The summed E-state index contributed by atoms with van der Waals surface area (Å²) in [7, 11) is -2.54. The molecule has 1 aliphatic carbocycles. The zero-order valence-electron chi connectivity index (χ0n) is 16.4. The highest BCUT2D eigenvalue weighted by atomic mass is 32.2. The largest absolute Gasteiger partial charge is 0.497 e. The summed E-state index contributed by atoms with van der Waals surface area (Å²) >= 11 is 0. The van der Waals surface area contributed by atoms with E-state index in [1.807, 2.05) is 0 Å². The van der Waals surface area contributed by atoms with Crippen LogP contribution in [0.15, 0.2) is 76.2 Å². The van der Waals surface area contributed by atoms with Gasteiger partial charge in [-0.1, -0.05) is 18.2 Å². The van der Waals surface area contributed by atoms with E-state index < -0.39 is 10.1 Å². The molecule has 8 heteroatoms. The van der Waals surface area contributed by atoms with Crippen molar-refractivity contribution in [2.45, 2.75) is 30.3 Å². The van der Waals surface area contributed by atoms with Crippen molar-refractivity contribution in [1.29, 1.82) is 0 Å². The molecule has 4 rings (SSSR count). The number of methoxy groups -OCH3 is 1. The van der Waals surface area contributed by atoms with Crippen LogP contribution in [0.2, 0.25) is 0 Å². The molecule has 0 atom stereocenters. The molecule has 0 radical (unpaired) electrons. The number of carbonyl (C=O) groups excluding carboxylic acids is 1. The lowest BCUT2D eigenvalue weighted by Crippen LogP contribution is -2.32. The second kappa shape index (κ2) is 8.23. The summed E-state index contributed by atoms with van der Waals surface area (Å²) in [4.78, 5) is 14.5. The molecule has 30 heavy (non-hydrogen) atoms. The van der Waals surface area contributed by atoms with Crippen molar-refractivity contribution in [1.82, 2.24) is 4.90 Å². The first kappa shape index (κ1) is 20.0. The number of para-hydroxylation sites is 1. The van der Waals surface area contributed by atoms with Gasteiger partial charge in [0, 0.05) is 11.6 Å². The third-order valence-corrected chi connectivity index (χ3v) is 6.09. The van der Waals surface area contributed by atoms with Gasteiger partial charge < -0.3 is 18.2 Å². The van der Waals surface area contributed by atoms with Crippen molar-refractivity contribution in [3.63, 3.8) is 0 Å². The van der Waals surface area contributed by atoms with Gasteiger partial charge in [-0.2, -0.15) is 8.42 Å². The number of furan rings is 1. The zero-order valence-corrected chi connectivity index (χ0v) is 17.2. The molecule has 1 fully saturated rings. The fourth-order valence-corrected chi connectivity index (χ4v) is 4.07. The topological polar surface area (TPSA) is 86.1 Å². The summed E-state index contributed by atoms with van der Waals surface area (Å²) in [6, 6.07) is 16.2. The molecule has 2 aromatic carbocycles. The Bertz CT molecular complexity index is 1120. The van der Waals surface area contributed by atoms with Crippen LogP contribution < -0.4 is 8.92 Å². The number of hydrogen-bond acceptors (Lipinski definition) is 6. The quantitative estimate of drug-likeness (QED) is 0.508. The van der Waals surface area contributed by atoms with E-state index in [2.05, 4.69) is 0 Å². The third kappa shape index (κ3) is 4.33. The monoisotopic (exact) mass is 427 g/mol. The minimum absolute atomic E-state index is 0.0174. The van der Waals surface area contributed by atoms with Crippen LogP contribution in [0.25, 0.3) is 0 Å². The first-order valence-corrected chi connectivity index (χ1v) is 10.9. The number of ether oxygens (including phenoxy) is 1. The van der Waals surface area contributed by atoms with Crippen molar-refractivity contribution in [2.75, 3.05) is 7.11 Å². The van der Waals surface area contributed by atoms with Gasteiger partial charge >= 0.3 is 10.1 Å². The van der Waals surface area contributed by atoms with Crippen LogP contribution in [-0.4, -0.2) is 32.4 Å². The summed E-state index contributed by atoms with van der Waals surface area (Å²) in [6.45, 7) is 0.221. The predicted octanol–water partition coefficient (Wildman–Crippen LogP) is 3.86. The fraction of sp³-hybridized carbons (Fsp3) is 0.227.